The van der Waals surface area contributed by atoms with Crippen molar-refractivity contribution < 1.29 is 4.79 Å². The molecule has 0 aromatic carbocycles. The summed E-state index contributed by atoms with van der Waals surface area (Å²) in [4.78, 5) is 14.0. The maximum Gasteiger partial charge on any atom is 0.223 e. The number of likely N-dealkylation sites (tertiary alicyclic amines) is 1. The first-order chi connectivity index (χ1) is 7.19. The summed E-state index contributed by atoms with van der Waals surface area (Å²) in [5.41, 5.74) is 5.70. The molecule has 88 valence electrons. The van der Waals surface area contributed by atoms with Crippen molar-refractivity contribution in [1.29, 1.82) is 0 Å². The molecule has 2 unspecified atom stereocenters. The first-order valence-corrected chi connectivity index (χ1v) is 6.18. The maximum absolute atomic E-state index is 12.0. The van der Waals surface area contributed by atoms with Crippen molar-refractivity contribution in [2.45, 2.75) is 52.0 Å². The molecular weight excluding hydrogens is 188 g/mol. The molecule has 3 heteroatoms. The zero-order valence-electron chi connectivity index (χ0n) is 10.0. The minimum Gasteiger partial charge on any atom is -0.338 e. The van der Waals surface area contributed by atoms with E-state index in [0.717, 1.165) is 25.8 Å². The first kappa shape index (κ1) is 12.5. The molecule has 1 aliphatic heterocycles. The molecule has 0 bridgehead atoms. The fourth-order valence-electron chi connectivity index (χ4n) is 2.13. The number of hydrogen-bond donors (Lipinski definition) is 1. The summed E-state index contributed by atoms with van der Waals surface area (Å²) >= 11 is 0. The highest BCUT2D eigenvalue weighted by Gasteiger charge is 2.25. The molecule has 0 aromatic rings. The van der Waals surface area contributed by atoms with Crippen LogP contribution in [-0.4, -0.2) is 29.9 Å². The highest BCUT2D eigenvalue weighted by molar-refractivity contribution is 5.76. The van der Waals surface area contributed by atoms with E-state index in [1.807, 2.05) is 4.90 Å². The van der Waals surface area contributed by atoms with Gasteiger partial charge in [-0.25, -0.2) is 0 Å². The Bertz CT molecular complexity index is 206. The highest BCUT2D eigenvalue weighted by atomic mass is 16.2. The van der Waals surface area contributed by atoms with Crippen LogP contribution in [0, 0.1) is 5.92 Å². The van der Waals surface area contributed by atoms with E-state index in [2.05, 4.69) is 13.8 Å². The van der Waals surface area contributed by atoms with E-state index in [1.54, 1.807) is 0 Å². The Morgan fingerprint density at radius 3 is 2.87 bits per heavy atom. The quantitative estimate of drug-likeness (QED) is 0.772. The maximum atomic E-state index is 12.0. The van der Waals surface area contributed by atoms with Gasteiger partial charge in [0.25, 0.3) is 0 Å². The third-order valence-electron chi connectivity index (χ3n) is 3.44. The number of nitrogens with zero attached hydrogens (tertiary/aromatic N) is 1. The van der Waals surface area contributed by atoms with E-state index in [4.69, 9.17) is 5.73 Å². The lowest BCUT2D eigenvalue weighted by Gasteiger charge is -2.35. The van der Waals surface area contributed by atoms with Gasteiger partial charge in [0, 0.05) is 25.6 Å². The number of nitrogens with two attached hydrogens (primary N) is 1. The molecule has 0 radical (unpaired) electrons. The van der Waals surface area contributed by atoms with Crippen LogP contribution in [0.25, 0.3) is 0 Å². The molecule has 1 rings (SSSR count). The second-order valence-electron chi connectivity index (χ2n) is 4.69. The number of piperidine rings is 1. The number of amides is 1. The minimum atomic E-state index is 0.301. The number of rotatable bonds is 4. The zero-order chi connectivity index (χ0) is 11.3. The Labute approximate surface area is 93.0 Å². The molecular formula is C12H24N2O. The van der Waals surface area contributed by atoms with E-state index in [0.29, 0.717) is 30.8 Å². The minimum absolute atomic E-state index is 0.301. The summed E-state index contributed by atoms with van der Waals surface area (Å²) in [5.74, 6) is 0.803. The molecule has 2 atom stereocenters. The average molecular weight is 212 g/mol. The molecule has 1 aliphatic rings. The topological polar surface area (TPSA) is 46.3 Å². The van der Waals surface area contributed by atoms with Crippen LogP contribution in [0.15, 0.2) is 0 Å². The smallest absolute Gasteiger partial charge is 0.223 e. The highest BCUT2D eigenvalue weighted by Crippen LogP contribution is 2.19. The van der Waals surface area contributed by atoms with Gasteiger partial charge in [-0.3, -0.25) is 4.79 Å². The Balaban J connectivity index is 2.48. The Morgan fingerprint density at radius 1 is 1.53 bits per heavy atom. The third kappa shape index (κ3) is 3.49. The molecule has 1 fully saturated rings. The van der Waals surface area contributed by atoms with E-state index >= 15 is 0 Å². The number of hydrogen-bond acceptors (Lipinski definition) is 2. The fraction of sp³-hybridized carbons (Fsp3) is 0.917. The summed E-state index contributed by atoms with van der Waals surface area (Å²) in [6.45, 7) is 5.80. The molecule has 0 aromatic heterocycles. The lowest BCUT2D eigenvalue weighted by molar-refractivity contribution is -0.135. The molecule has 0 aliphatic carbocycles. The first-order valence-electron chi connectivity index (χ1n) is 6.18. The van der Waals surface area contributed by atoms with Gasteiger partial charge in [-0.2, -0.15) is 0 Å². The van der Waals surface area contributed by atoms with Crippen LogP contribution in [-0.2, 0) is 4.79 Å². The summed E-state index contributed by atoms with van der Waals surface area (Å²) < 4.78 is 0. The lowest BCUT2D eigenvalue weighted by atomic mass is 9.99. The van der Waals surface area contributed by atoms with Crippen molar-refractivity contribution >= 4 is 5.91 Å². The summed E-state index contributed by atoms with van der Waals surface area (Å²) in [6, 6.07) is 0.301. The third-order valence-corrected chi connectivity index (χ3v) is 3.44. The van der Waals surface area contributed by atoms with Crippen LogP contribution in [0.2, 0.25) is 0 Å². The number of carbonyl (C=O) groups is 1. The van der Waals surface area contributed by atoms with Gasteiger partial charge in [-0.05, 0) is 25.2 Å². The molecule has 2 N–H and O–H groups in total. The van der Waals surface area contributed by atoms with Gasteiger partial charge in [0.15, 0.2) is 0 Å². The summed E-state index contributed by atoms with van der Waals surface area (Å²) in [5, 5.41) is 0. The largest absolute Gasteiger partial charge is 0.338 e. The summed E-state index contributed by atoms with van der Waals surface area (Å²) in [6.07, 6.45) is 5.21. The Hall–Kier alpha value is -0.570. The van der Waals surface area contributed by atoms with Gasteiger partial charge in [0.1, 0.15) is 0 Å². The van der Waals surface area contributed by atoms with E-state index in [9.17, 15) is 4.79 Å². The van der Waals surface area contributed by atoms with Gasteiger partial charge < -0.3 is 10.6 Å². The van der Waals surface area contributed by atoms with Crippen molar-refractivity contribution in [3.8, 4) is 0 Å². The second-order valence-corrected chi connectivity index (χ2v) is 4.69. The lowest BCUT2D eigenvalue weighted by Crippen LogP contribution is -2.47. The van der Waals surface area contributed by atoms with E-state index in [-0.39, 0.29) is 0 Å². The van der Waals surface area contributed by atoms with Crippen molar-refractivity contribution in [2.24, 2.45) is 11.7 Å². The van der Waals surface area contributed by atoms with Crippen LogP contribution in [0.3, 0.4) is 0 Å². The van der Waals surface area contributed by atoms with Gasteiger partial charge in [0.05, 0.1) is 0 Å². The SMILES string of the molecule is CCC(C)CC(=O)N1CCCCC1CN. The van der Waals surface area contributed by atoms with Crippen molar-refractivity contribution in [2.75, 3.05) is 13.1 Å². The Morgan fingerprint density at radius 2 is 2.27 bits per heavy atom. The number of carbonyl (C=O) groups excluding carboxylic acids is 1. The summed E-state index contributed by atoms with van der Waals surface area (Å²) in [7, 11) is 0. The van der Waals surface area contributed by atoms with Crippen molar-refractivity contribution in [3.05, 3.63) is 0 Å². The standard InChI is InChI=1S/C12H24N2O/c1-3-10(2)8-12(15)14-7-5-4-6-11(14)9-13/h10-11H,3-9,13H2,1-2H3. The molecule has 0 saturated carbocycles. The zero-order valence-corrected chi connectivity index (χ0v) is 10.0. The van der Waals surface area contributed by atoms with E-state index < -0.39 is 0 Å². The molecule has 1 saturated heterocycles. The fourth-order valence-corrected chi connectivity index (χ4v) is 2.13. The van der Waals surface area contributed by atoms with Gasteiger partial charge in [0.2, 0.25) is 5.91 Å². The molecule has 3 nitrogen and oxygen atoms in total. The van der Waals surface area contributed by atoms with Crippen molar-refractivity contribution in [1.82, 2.24) is 4.90 Å². The van der Waals surface area contributed by atoms with Crippen LogP contribution in [0.5, 0.6) is 0 Å². The molecule has 15 heavy (non-hydrogen) atoms. The van der Waals surface area contributed by atoms with E-state index in [1.165, 1.54) is 6.42 Å². The molecule has 1 heterocycles. The second kappa shape index (κ2) is 6.11. The van der Waals surface area contributed by atoms with Gasteiger partial charge >= 0.3 is 0 Å². The van der Waals surface area contributed by atoms with Crippen LogP contribution >= 0.6 is 0 Å². The normalized spacial score (nSPS) is 23.9. The predicted molar refractivity (Wildman–Crippen MR) is 62.5 cm³/mol. The van der Waals surface area contributed by atoms with Crippen molar-refractivity contribution in [3.63, 3.8) is 0 Å². The average Bonchev–Trinajstić information content (AvgIpc) is 2.28. The van der Waals surface area contributed by atoms with Gasteiger partial charge in [-0.1, -0.05) is 20.3 Å². The van der Waals surface area contributed by atoms with Crippen LogP contribution in [0.4, 0.5) is 0 Å². The van der Waals surface area contributed by atoms with Crippen LogP contribution in [0.1, 0.15) is 46.0 Å². The predicted octanol–water partition coefficient (Wildman–Crippen LogP) is 1.76. The van der Waals surface area contributed by atoms with Crippen LogP contribution < -0.4 is 5.73 Å². The van der Waals surface area contributed by atoms with Gasteiger partial charge in [-0.15, -0.1) is 0 Å². The molecule has 1 amide bonds. The monoisotopic (exact) mass is 212 g/mol. The molecule has 0 spiro atoms. The Kier molecular flexibility index (Phi) is 5.09.